The molecule has 1 spiro atoms. The minimum Gasteiger partial charge on any atom is -0.465 e. The van der Waals surface area contributed by atoms with Crippen molar-refractivity contribution in [3.63, 3.8) is 0 Å². The maximum Gasteiger partial charge on any atom is 0.310 e. The van der Waals surface area contributed by atoms with E-state index in [0.29, 0.717) is 19.4 Å². The number of allylic oxidation sites excluding steroid dienone is 1. The highest BCUT2D eigenvalue weighted by molar-refractivity contribution is 8.02. The molecule has 0 aliphatic carbocycles. The number of rotatable bonds is 13. The quantitative estimate of drug-likeness (QED) is 0.197. The first kappa shape index (κ1) is 31.7. The van der Waals surface area contributed by atoms with Gasteiger partial charge in [-0.25, -0.2) is 0 Å². The molecule has 0 saturated carbocycles. The second-order valence-electron chi connectivity index (χ2n) is 13.7. The highest BCUT2D eigenvalue weighted by atomic mass is 32.2. The summed E-state index contributed by atoms with van der Waals surface area (Å²) in [6.07, 6.45) is 7.19. The molecule has 2 bridgehead atoms. The molecule has 0 radical (unpaired) electrons. The first-order valence-corrected chi connectivity index (χ1v) is 15.4. The van der Waals surface area contributed by atoms with E-state index >= 15 is 0 Å². The lowest BCUT2D eigenvalue weighted by Gasteiger charge is -2.47. The number of carbonyl (C=O) groups excluding carboxylic acids is 3. The average molecular weight is 563 g/mol. The number of amides is 2. The lowest BCUT2D eigenvalue weighted by molar-refractivity contribution is -0.155. The molecule has 39 heavy (non-hydrogen) atoms. The van der Waals surface area contributed by atoms with Gasteiger partial charge in [-0.2, -0.15) is 0 Å². The van der Waals surface area contributed by atoms with Gasteiger partial charge >= 0.3 is 5.97 Å². The number of ether oxygens (including phenoxy) is 1. The Kier molecular flexibility index (Phi) is 9.74. The number of hydrogen-bond donors (Lipinski definition) is 1. The van der Waals surface area contributed by atoms with Gasteiger partial charge in [-0.15, -0.1) is 24.9 Å². The molecule has 0 aromatic heterocycles. The molecule has 3 heterocycles. The Hall–Kier alpha value is -1.80. The monoisotopic (exact) mass is 562 g/mol. The molecule has 3 saturated heterocycles. The van der Waals surface area contributed by atoms with Crippen LogP contribution >= 0.6 is 11.8 Å². The topological polar surface area (TPSA) is 87.2 Å². The number of fused-ring (bicyclic) bond motifs is 1. The molecule has 3 aliphatic rings. The van der Waals surface area contributed by atoms with E-state index in [2.05, 4.69) is 47.8 Å². The summed E-state index contributed by atoms with van der Waals surface area (Å²) >= 11 is 1.64. The van der Waals surface area contributed by atoms with Crippen molar-refractivity contribution >= 4 is 29.5 Å². The summed E-state index contributed by atoms with van der Waals surface area (Å²) in [4.78, 5) is 46.0. The molecule has 0 aromatic carbocycles. The zero-order valence-corrected chi connectivity index (χ0v) is 25.9. The third kappa shape index (κ3) is 5.97. The number of thioether (sulfide) groups is 1. The second-order valence-corrected chi connectivity index (χ2v) is 15.3. The Bertz CT molecular complexity index is 957. The molecule has 0 aromatic rings. The van der Waals surface area contributed by atoms with Gasteiger partial charge in [0.25, 0.3) is 0 Å². The molecule has 8 heteroatoms. The maximum absolute atomic E-state index is 14.8. The zero-order valence-electron chi connectivity index (χ0n) is 25.1. The van der Waals surface area contributed by atoms with E-state index in [1.54, 1.807) is 28.8 Å². The molecule has 6 atom stereocenters. The predicted octanol–water partition coefficient (Wildman–Crippen LogP) is 4.83. The van der Waals surface area contributed by atoms with Crippen LogP contribution in [0.5, 0.6) is 0 Å². The van der Waals surface area contributed by atoms with Crippen LogP contribution in [0.1, 0.15) is 80.6 Å². The maximum atomic E-state index is 14.8. The molecule has 3 rings (SSSR count). The molecule has 2 amide bonds. The number of unbranched alkanes of at least 4 members (excludes halogenated alkanes) is 1. The Morgan fingerprint density at radius 1 is 1.23 bits per heavy atom. The molecular formula is C31H50N2O5S. The molecule has 220 valence electrons. The zero-order chi connectivity index (χ0) is 29.3. The van der Waals surface area contributed by atoms with Gasteiger partial charge in [0, 0.05) is 17.3 Å². The van der Waals surface area contributed by atoms with Crippen molar-refractivity contribution < 1.29 is 24.2 Å². The van der Waals surface area contributed by atoms with Gasteiger partial charge in [0.05, 0.1) is 35.8 Å². The van der Waals surface area contributed by atoms with E-state index in [1.165, 1.54) is 0 Å². The fourth-order valence-electron chi connectivity index (χ4n) is 7.42. The summed E-state index contributed by atoms with van der Waals surface area (Å²) in [5, 5.41) is 10.4. The highest BCUT2D eigenvalue weighted by Crippen LogP contribution is 2.67. The third-order valence-electron chi connectivity index (χ3n) is 8.63. The van der Waals surface area contributed by atoms with Crippen LogP contribution in [0.4, 0.5) is 0 Å². The van der Waals surface area contributed by atoms with E-state index in [0.717, 1.165) is 19.3 Å². The predicted molar refractivity (Wildman–Crippen MR) is 157 cm³/mol. The van der Waals surface area contributed by atoms with E-state index in [-0.39, 0.29) is 47.6 Å². The summed E-state index contributed by atoms with van der Waals surface area (Å²) in [7, 11) is 0. The van der Waals surface area contributed by atoms with E-state index in [1.807, 2.05) is 18.7 Å². The Morgan fingerprint density at radius 3 is 2.44 bits per heavy atom. The van der Waals surface area contributed by atoms with Gasteiger partial charge in [-0.1, -0.05) is 46.8 Å². The Morgan fingerprint density at radius 2 is 1.90 bits per heavy atom. The number of hydrogen-bond acceptors (Lipinski definition) is 6. The molecular weight excluding hydrogens is 512 g/mol. The van der Waals surface area contributed by atoms with Gasteiger partial charge in [0.1, 0.15) is 6.04 Å². The molecule has 3 fully saturated rings. The number of esters is 1. The fraction of sp³-hybridized carbons (Fsp3) is 0.774. The van der Waals surface area contributed by atoms with Crippen LogP contribution in [-0.2, 0) is 19.1 Å². The molecule has 2 unspecified atom stereocenters. The van der Waals surface area contributed by atoms with Crippen LogP contribution in [0.25, 0.3) is 0 Å². The van der Waals surface area contributed by atoms with Crippen LogP contribution in [0.15, 0.2) is 25.3 Å². The first-order chi connectivity index (χ1) is 18.2. The van der Waals surface area contributed by atoms with Gasteiger partial charge in [-0.05, 0) is 57.3 Å². The van der Waals surface area contributed by atoms with E-state index in [9.17, 15) is 19.5 Å². The summed E-state index contributed by atoms with van der Waals surface area (Å²) < 4.78 is 4.95. The minimum atomic E-state index is -0.762. The van der Waals surface area contributed by atoms with Crippen LogP contribution in [0.2, 0.25) is 0 Å². The Balaban J connectivity index is 2.07. The van der Waals surface area contributed by atoms with Crippen LogP contribution in [0.3, 0.4) is 0 Å². The second kappa shape index (κ2) is 12.0. The van der Waals surface area contributed by atoms with Gasteiger partial charge in [-0.3, -0.25) is 14.4 Å². The average Bonchev–Trinajstić information content (AvgIpc) is 3.46. The molecule has 1 N–H and O–H groups in total. The Labute approximate surface area is 239 Å². The van der Waals surface area contributed by atoms with Crippen molar-refractivity contribution in [1.29, 1.82) is 0 Å². The third-order valence-corrected chi connectivity index (χ3v) is 10.6. The summed E-state index contributed by atoms with van der Waals surface area (Å²) in [5.41, 5.74) is -0.522. The van der Waals surface area contributed by atoms with Crippen molar-refractivity contribution in [2.24, 2.45) is 23.2 Å². The molecule has 3 aliphatic heterocycles. The van der Waals surface area contributed by atoms with Crippen molar-refractivity contribution in [1.82, 2.24) is 9.80 Å². The number of likely N-dealkylation sites (tertiary alicyclic amines) is 1. The molecule has 7 nitrogen and oxygen atoms in total. The number of aliphatic hydroxyl groups is 1. The summed E-state index contributed by atoms with van der Waals surface area (Å²) in [6, 6.07) is -1.28. The van der Waals surface area contributed by atoms with Gasteiger partial charge < -0.3 is 19.6 Å². The van der Waals surface area contributed by atoms with E-state index < -0.39 is 34.2 Å². The largest absolute Gasteiger partial charge is 0.465 e. The normalized spacial score (nSPS) is 28.9. The number of aliphatic hydroxyl groups excluding tert-OH is 1. The van der Waals surface area contributed by atoms with Crippen LogP contribution in [0, 0.1) is 23.2 Å². The van der Waals surface area contributed by atoms with Gasteiger partial charge in [0.2, 0.25) is 11.8 Å². The van der Waals surface area contributed by atoms with Crippen molar-refractivity contribution in [3.05, 3.63) is 25.3 Å². The first-order valence-electron chi connectivity index (χ1n) is 14.5. The van der Waals surface area contributed by atoms with Crippen molar-refractivity contribution in [2.75, 3.05) is 19.8 Å². The van der Waals surface area contributed by atoms with Crippen LogP contribution < -0.4 is 0 Å². The van der Waals surface area contributed by atoms with Gasteiger partial charge in [0.15, 0.2) is 0 Å². The SMILES string of the molecule is C=CCCCOC(=O)[C@@H]1[C@@H]2CCC3(S2)C(C(=O)N(CC=C)C(C)(C)CC(C)(C)C)N([C@@H](CO)C(C)C)C(=O)[C@H]13. The lowest BCUT2D eigenvalue weighted by atomic mass is 9.71. The standard InChI is InChI=1S/C31H50N2O5S/c1-10-12-13-17-38-28(37)23-22-14-15-31(39-22)24(23)26(35)33(21(18-34)20(3)4)25(31)27(36)32(16-11-2)30(8,9)19-29(5,6)7/h10-11,20-25,34H,1-2,12-19H2,3-9H3/t21-,22-,23+,24-,25?,31?/m0/s1. The highest BCUT2D eigenvalue weighted by Gasteiger charge is 2.75. The fourth-order valence-corrected chi connectivity index (χ4v) is 9.60. The van der Waals surface area contributed by atoms with Crippen molar-refractivity contribution in [2.45, 2.75) is 108 Å². The minimum absolute atomic E-state index is 0.0260. The lowest BCUT2D eigenvalue weighted by Crippen LogP contribution is -2.62. The smallest absolute Gasteiger partial charge is 0.310 e. The summed E-state index contributed by atoms with van der Waals surface area (Å²) in [5.74, 6) is -1.94. The number of nitrogens with zero attached hydrogens (tertiary/aromatic N) is 2. The summed E-state index contributed by atoms with van der Waals surface area (Å²) in [6.45, 7) is 22.6. The van der Waals surface area contributed by atoms with Crippen molar-refractivity contribution in [3.8, 4) is 0 Å². The van der Waals surface area contributed by atoms with Crippen LogP contribution in [-0.4, -0.2) is 80.1 Å². The van der Waals surface area contributed by atoms with E-state index in [4.69, 9.17) is 4.74 Å². The number of carbonyl (C=O) groups is 3.